The maximum absolute atomic E-state index is 4.01. The van der Waals surface area contributed by atoms with Crippen LogP contribution >= 0.6 is 0 Å². The molecule has 2 rings (SSSR count). The minimum absolute atomic E-state index is 0. The summed E-state index contributed by atoms with van der Waals surface area (Å²) in [5, 5.41) is 10.6. The second-order valence-corrected chi connectivity index (χ2v) is 4.32. The van der Waals surface area contributed by atoms with E-state index in [4.69, 9.17) is 0 Å². The second kappa shape index (κ2) is 15.7. The van der Waals surface area contributed by atoms with Gasteiger partial charge in [-0.25, -0.2) is 4.68 Å². The topological polar surface area (TPSA) is 56.5 Å². The molecule has 2 heterocycles. The minimum atomic E-state index is 0. The molecule has 0 unspecified atom stereocenters. The van der Waals surface area contributed by atoms with Gasteiger partial charge in [0.1, 0.15) is 6.33 Å². The third-order valence-electron chi connectivity index (χ3n) is 2.25. The number of tetrazole rings is 1. The summed E-state index contributed by atoms with van der Waals surface area (Å²) in [5.41, 5.74) is 1.30. The van der Waals surface area contributed by atoms with E-state index < -0.39 is 0 Å². The number of hydrogen-bond acceptors (Lipinski definition) is 4. The molecule has 0 N–H and O–H groups in total. The Morgan fingerprint density at radius 3 is 1.90 bits per heavy atom. The van der Waals surface area contributed by atoms with Gasteiger partial charge in [0.2, 0.25) is 0 Å². The van der Waals surface area contributed by atoms with Crippen LogP contribution in [-0.2, 0) is 32.7 Å². The summed E-state index contributed by atoms with van der Waals surface area (Å²) >= 11 is 0. The first-order valence-electron chi connectivity index (χ1n) is 5.73. The van der Waals surface area contributed by atoms with E-state index in [1.165, 1.54) is 5.56 Å². The SMILES string of the molecule is C.C.C.CC(C)c1cccnc1.CC(C)n1cnnn1.[Y]. The molecule has 2 aromatic heterocycles. The molecule has 0 saturated heterocycles. The molecular weight excluding hydrogens is 339 g/mol. The number of nitrogens with zero attached hydrogens (tertiary/aromatic N) is 5. The Kier molecular flexibility index (Phi) is 21.3. The fourth-order valence-corrected chi connectivity index (χ4v) is 1.12. The molecule has 0 aliphatic heterocycles. The van der Waals surface area contributed by atoms with Crippen LogP contribution in [0.15, 0.2) is 30.9 Å². The first kappa shape index (κ1) is 28.5. The average molecular weight is 370 g/mol. The van der Waals surface area contributed by atoms with Crippen molar-refractivity contribution < 1.29 is 32.7 Å². The summed E-state index contributed by atoms with van der Waals surface area (Å²) in [6.45, 7) is 8.38. The zero-order chi connectivity index (χ0) is 12.7. The fraction of sp³-hybridized carbons (Fsp3) is 0.600. The summed E-state index contributed by atoms with van der Waals surface area (Å²) in [7, 11) is 0. The predicted octanol–water partition coefficient (Wildman–Crippen LogP) is 4.36. The first-order valence-corrected chi connectivity index (χ1v) is 5.73. The van der Waals surface area contributed by atoms with Crippen molar-refractivity contribution in [2.75, 3.05) is 0 Å². The van der Waals surface area contributed by atoms with Gasteiger partial charge in [-0.05, 0) is 41.8 Å². The Morgan fingerprint density at radius 1 is 1.05 bits per heavy atom. The van der Waals surface area contributed by atoms with Crippen molar-refractivity contribution >= 4 is 0 Å². The van der Waals surface area contributed by atoms with Crippen LogP contribution in [-0.4, -0.2) is 25.2 Å². The Bertz CT molecular complexity index is 401. The van der Waals surface area contributed by atoms with E-state index in [-0.39, 0.29) is 55.0 Å². The molecule has 0 atom stereocenters. The van der Waals surface area contributed by atoms with Crippen LogP contribution in [0.2, 0.25) is 0 Å². The smallest absolute Gasteiger partial charge is 0.138 e. The van der Waals surface area contributed by atoms with Crippen molar-refractivity contribution in [2.24, 2.45) is 0 Å². The first-order chi connectivity index (χ1) is 8.11. The third kappa shape index (κ3) is 11.6. The normalized spacial score (nSPS) is 8.29. The van der Waals surface area contributed by atoms with E-state index in [2.05, 4.69) is 40.4 Å². The van der Waals surface area contributed by atoms with Gasteiger partial charge in [-0.1, -0.05) is 42.2 Å². The summed E-state index contributed by atoms with van der Waals surface area (Å²) in [6, 6.07) is 4.43. The van der Waals surface area contributed by atoms with E-state index in [1.807, 2.05) is 26.1 Å². The van der Waals surface area contributed by atoms with Crippen molar-refractivity contribution in [3.63, 3.8) is 0 Å². The molecule has 21 heavy (non-hydrogen) atoms. The van der Waals surface area contributed by atoms with E-state index in [9.17, 15) is 0 Å². The van der Waals surface area contributed by atoms with E-state index in [1.54, 1.807) is 17.2 Å². The Morgan fingerprint density at radius 2 is 1.67 bits per heavy atom. The monoisotopic (exact) mass is 370 g/mol. The largest absolute Gasteiger partial charge is 0.264 e. The molecule has 0 aliphatic rings. The maximum atomic E-state index is 4.01. The molecular formula is C15H31N5Y. The maximum Gasteiger partial charge on any atom is 0.138 e. The Labute approximate surface area is 155 Å². The van der Waals surface area contributed by atoms with E-state index in [0.717, 1.165) is 0 Å². The molecule has 0 bridgehead atoms. The summed E-state index contributed by atoms with van der Waals surface area (Å²) in [5.74, 6) is 0.596. The standard InChI is InChI=1S/C8H11N.C4H8N4.3CH4.Y/c1-7(2)8-4-3-5-9-6-8;1-4(2)8-3-5-6-7-8;;;;/h3-7H,1-2H3;3-4H,1-2H3;3*1H4;. The zero-order valence-electron chi connectivity index (χ0n) is 11.4. The third-order valence-corrected chi connectivity index (χ3v) is 2.25. The van der Waals surface area contributed by atoms with Gasteiger partial charge < -0.3 is 0 Å². The summed E-state index contributed by atoms with van der Waals surface area (Å²) in [4.78, 5) is 4.01. The van der Waals surface area contributed by atoms with Gasteiger partial charge in [0.25, 0.3) is 0 Å². The number of hydrogen-bond donors (Lipinski definition) is 0. The van der Waals surface area contributed by atoms with Crippen molar-refractivity contribution in [3.05, 3.63) is 36.4 Å². The van der Waals surface area contributed by atoms with Gasteiger partial charge in [-0.2, -0.15) is 0 Å². The van der Waals surface area contributed by atoms with Crippen molar-refractivity contribution in [2.45, 2.75) is 61.9 Å². The van der Waals surface area contributed by atoms with Crippen LogP contribution in [0.3, 0.4) is 0 Å². The van der Waals surface area contributed by atoms with Crippen LogP contribution in [0.5, 0.6) is 0 Å². The van der Waals surface area contributed by atoms with E-state index >= 15 is 0 Å². The van der Waals surface area contributed by atoms with Gasteiger partial charge >= 0.3 is 0 Å². The molecule has 0 saturated carbocycles. The van der Waals surface area contributed by atoms with Crippen molar-refractivity contribution in [1.82, 2.24) is 25.2 Å². The molecule has 119 valence electrons. The molecule has 5 nitrogen and oxygen atoms in total. The number of pyridine rings is 1. The molecule has 0 amide bonds. The summed E-state index contributed by atoms with van der Waals surface area (Å²) in [6.07, 6.45) is 5.31. The minimum Gasteiger partial charge on any atom is -0.264 e. The van der Waals surface area contributed by atoms with Crippen LogP contribution in [0.1, 0.15) is 67.5 Å². The Hall–Kier alpha value is -0.676. The van der Waals surface area contributed by atoms with Crippen molar-refractivity contribution in [3.8, 4) is 0 Å². The number of aromatic nitrogens is 5. The van der Waals surface area contributed by atoms with Gasteiger partial charge in [0.15, 0.2) is 0 Å². The van der Waals surface area contributed by atoms with Crippen molar-refractivity contribution in [1.29, 1.82) is 0 Å². The average Bonchev–Trinajstić information content (AvgIpc) is 2.84. The van der Waals surface area contributed by atoms with Crippen LogP contribution < -0.4 is 0 Å². The fourth-order valence-electron chi connectivity index (χ4n) is 1.12. The molecule has 0 fully saturated rings. The van der Waals surface area contributed by atoms with Crippen LogP contribution in [0.4, 0.5) is 0 Å². The van der Waals surface area contributed by atoms with Gasteiger partial charge in [-0.3, -0.25) is 4.98 Å². The van der Waals surface area contributed by atoms with Gasteiger partial charge in [-0.15, -0.1) is 5.10 Å². The second-order valence-electron chi connectivity index (χ2n) is 4.32. The quantitative estimate of drug-likeness (QED) is 0.788. The molecule has 0 aliphatic carbocycles. The molecule has 0 spiro atoms. The predicted molar refractivity (Wildman–Crippen MR) is 86.7 cm³/mol. The van der Waals surface area contributed by atoms with Gasteiger partial charge in [0.05, 0.1) is 0 Å². The van der Waals surface area contributed by atoms with Gasteiger partial charge in [0, 0.05) is 51.1 Å². The zero-order valence-corrected chi connectivity index (χ0v) is 14.2. The molecule has 6 heteroatoms. The Balaban J connectivity index is -0.000000116. The summed E-state index contributed by atoms with van der Waals surface area (Å²) < 4.78 is 1.69. The van der Waals surface area contributed by atoms with Crippen LogP contribution in [0, 0.1) is 0 Å². The number of rotatable bonds is 2. The molecule has 0 aromatic carbocycles. The van der Waals surface area contributed by atoms with E-state index in [0.29, 0.717) is 12.0 Å². The molecule has 1 radical (unpaired) electrons. The van der Waals surface area contributed by atoms with Crippen LogP contribution in [0.25, 0.3) is 0 Å². The molecule has 2 aromatic rings.